The highest BCUT2D eigenvalue weighted by Crippen LogP contribution is 2.29. The number of hydrogen-bond acceptors (Lipinski definition) is 3. The van der Waals surface area contributed by atoms with Gasteiger partial charge in [0.2, 0.25) is 0 Å². The van der Waals surface area contributed by atoms with E-state index in [1.54, 1.807) is 12.1 Å². The fourth-order valence-electron chi connectivity index (χ4n) is 2.51. The van der Waals surface area contributed by atoms with E-state index in [-0.39, 0.29) is 11.3 Å². The zero-order valence-electron chi connectivity index (χ0n) is 12.5. The average molecular weight is 302 g/mol. The van der Waals surface area contributed by atoms with Gasteiger partial charge in [-0.1, -0.05) is 6.92 Å². The average Bonchev–Trinajstić information content (AvgIpc) is 2.41. The first-order chi connectivity index (χ1) is 9.72. The third-order valence-electron chi connectivity index (χ3n) is 4.06. The summed E-state index contributed by atoms with van der Waals surface area (Å²) >= 11 is 0. The zero-order chi connectivity index (χ0) is 15.7. The van der Waals surface area contributed by atoms with Crippen molar-refractivity contribution in [1.82, 2.24) is 5.32 Å². The molecule has 3 nitrogen and oxygen atoms in total. The summed E-state index contributed by atoms with van der Waals surface area (Å²) in [4.78, 5) is 2.22. The standard InChI is InChI=1S/C15H21F3N2O/c1-4-14(3)10-20(11(2)9-19-14)12-5-7-13(8-6-12)21-15(16,17)18/h5-8,11,19H,4,9-10H2,1-3H3. The van der Waals surface area contributed by atoms with E-state index < -0.39 is 6.36 Å². The van der Waals surface area contributed by atoms with E-state index in [0.29, 0.717) is 6.04 Å². The lowest BCUT2D eigenvalue weighted by Crippen LogP contribution is -2.62. The predicted octanol–water partition coefficient (Wildman–Crippen LogP) is 3.55. The summed E-state index contributed by atoms with van der Waals surface area (Å²) in [5.41, 5.74) is 0.936. The first-order valence-electron chi connectivity index (χ1n) is 7.10. The maximum absolute atomic E-state index is 12.2. The largest absolute Gasteiger partial charge is 0.573 e. The number of ether oxygens (including phenoxy) is 1. The van der Waals surface area contributed by atoms with Gasteiger partial charge in [-0.15, -0.1) is 13.2 Å². The Kier molecular flexibility index (Phi) is 4.37. The van der Waals surface area contributed by atoms with E-state index in [1.807, 2.05) is 0 Å². The van der Waals surface area contributed by atoms with Gasteiger partial charge in [-0.2, -0.15) is 0 Å². The Morgan fingerprint density at radius 1 is 1.33 bits per heavy atom. The van der Waals surface area contributed by atoms with Crippen molar-refractivity contribution in [2.24, 2.45) is 0 Å². The van der Waals surface area contributed by atoms with Crippen LogP contribution < -0.4 is 15.0 Å². The Hall–Kier alpha value is -1.43. The molecule has 0 aromatic heterocycles. The monoisotopic (exact) mass is 302 g/mol. The molecule has 1 heterocycles. The molecule has 21 heavy (non-hydrogen) atoms. The van der Waals surface area contributed by atoms with Crippen molar-refractivity contribution < 1.29 is 17.9 Å². The van der Waals surface area contributed by atoms with E-state index >= 15 is 0 Å². The van der Waals surface area contributed by atoms with Gasteiger partial charge in [-0.25, -0.2) is 0 Å². The molecule has 1 aliphatic heterocycles. The normalized spacial score (nSPS) is 26.8. The molecule has 0 amide bonds. The number of halogens is 3. The van der Waals surface area contributed by atoms with Gasteiger partial charge in [0, 0.05) is 30.4 Å². The molecular formula is C15H21F3N2O. The van der Waals surface area contributed by atoms with Gasteiger partial charge in [-0.05, 0) is 44.5 Å². The SMILES string of the molecule is CCC1(C)CN(c2ccc(OC(F)(F)F)cc2)C(C)CN1. The van der Waals surface area contributed by atoms with E-state index in [4.69, 9.17) is 0 Å². The smallest absolute Gasteiger partial charge is 0.406 e. The minimum atomic E-state index is -4.65. The van der Waals surface area contributed by atoms with Gasteiger partial charge >= 0.3 is 6.36 Å². The number of rotatable bonds is 3. The summed E-state index contributed by atoms with van der Waals surface area (Å²) in [6, 6.07) is 6.37. The molecule has 1 aromatic rings. The van der Waals surface area contributed by atoms with Crippen LogP contribution >= 0.6 is 0 Å². The minimum Gasteiger partial charge on any atom is -0.406 e. The number of anilines is 1. The number of piperazine rings is 1. The molecule has 2 atom stereocenters. The number of benzene rings is 1. The number of nitrogens with zero attached hydrogens (tertiary/aromatic N) is 1. The van der Waals surface area contributed by atoms with Crippen LogP contribution in [0.5, 0.6) is 5.75 Å². The molecule has 0 saturated carbocycles. The summed E-state index contributed by atoms with van der Waals surface area (Å²) in [5, 5.41) is 3.52. The molecule has 0 aliphatic carbocycles. The molecule has 1 saturated heterocycles. The number of hydrogen-bond donors (Lipinski definition) is 1. The maximum atomic E-state index is 12.2. The summed E-state index contributed by atoms with van der Waals surface area (Å²) in [5.74, 6) is -0.188. The van der Waals surface area contributed by atoms with Crippen molar-refractivity contribution in [3.8, 4) is 5.75 Å². The van der Waals surface area contributed by atoms with Crippen LogP contribution in [0.15, 0.2) is 24.3 Å². The molecule has 1 fully saturated rings. The second-order valence-electron chi connectivity index (χ2n) is 5.81. The Labute approximate surface area is 123 Å². The third kappa shape index (κ3) is 4.03. The van der Waals surface area contributed by atoms with Crippen molar-refractivity contribution in [3.63, 3.8) is 0 Å². The van der Waals surface area contributed by atoms with Crippen LogP contribution in [0.1, 0.15) is 27.2 Å². The molecule has 0 bridgehead atoms. The van der Waals surface area contributed by atoms with E-state index in [1.165, 1.54) is 12.1 Å². The summed E-state index contributed by atoms with van der Waals surface area (Å²) in [6.07, 6.45) is -3.66. The maximum Gasteiger partial charge on any atom is 0.573 e. The van der Waals surface area contributed by atoms with Crippen molar-refractivity contribution in [3.05, 3.63) is 24.3 Å². The lowest BCUT2D eigenvalue weighted by Gasteiger charge is -2.46. The molecule has 2 rings (SSSR count). The first kappa shape index (κ1) is 15.9. The molecule has 0 radical (unpaired) electrons. The van der Waals surface area contributed by atoms with E-state index in [9.17, 15) is 13.2 Å². The summed E-state index contributed by atoms with van der Waals surface area (Å²) in [7, 11) is 0. The second-order valence-corrected chi connectivity index (χ2v) is 5.81. The lowest BCUT2D eigenvalue weighted by molar-refractivity contribution is -0.274. The third-order valence-corrected chi connectivity index (χ3v) is 4.06. The Bertz CT molecular complexity index is 475. The topological polar surface area (TPSA) is 24.5 Å². The predicted molar refractivity (Wildman–Crippen MR) is 76.6 cm³/mol. The first-order valence-corrected chi connectivity index (χ1v) is 7.10. The van der Waals surface area contributed by atoms with Crippen LogP contribution in [-0.4, -0.2) is 31.0 Å². The van der Waals surface area contributed by atoms with Gasteiger partial charge in [0.25, 0.3) is 0 Å². The van der Waals surface area contributed by atoms with Crippen LogP contribution in [0.25, 0.3) is 0 Å². The van der Waals surface area contributed by atoms with Crippen molar-refractivity contribution in [2.75, 3.05) is 18.0 Å². The van der Waals surface area contributed by atoms with Crippen LogP contribution in [0.2, 0.25) is 0 Å². The molecule has 2 unspecified atom stereocenters. The molecule has 1 aliphatic rings. The van der Waals surface area contributed by atoms with Crippen LogP contribution in [0.3, 0.4) is 0 Å². The Morgan fingerprint density at radius 3 is 2.48 bits per heavy atom. The summed E-state index contributed by atoms with van der Waals surface area (Å²) in [6.45, 7) is 8.06. The fourth-order valence-corrected chi connectivity index (χ4v) is 2.51. The Balaban J connectivity index is 2.13. The molecule has 6 heteroatoms. The molecule has 1 N–H and O–H groups in total. The molecular weight excluding hydrogens is 281 g/mol. The van der Waals surface area contributed by atoms with Gasteiger partial charge in [0.15, 0.2) is 0 Å². The number of alkyl halides is 3. The highest BCUT2D eigenvalue weighted by Gasteiger charge is 2.33. The van der Waals surface area contributed by atoms with Crippen molar-refractivity contribution in [2.45, 2.75) is 45.1 Å². The second kappa shape index (κ2) is 5.75. The quantitative estimate of drug-likeness (QED) is 0.924. The van der Waals surface area contributed by atoms with Crippen LogP contribution in [0.4, 0.5) is 18.9 Å². The van der Waals surface area contributed by atoms with Gasteiger partial charge in [0.05, 0.1) is 0 Å². The lowest BCUT2D eigenvalue weighted by atomic mass is 9.93. The zero-order valence-corrected chi connectivity index (χ0v) is 12.5. The Morgan fingerprint density at radius 2 is 1.95 bits per heavy atom. The van der Waals surface area contributed by atoms with Gasteiger partial charge in [-0.3, -0.25) is 0 Å². The van der Waals surface area contributed by atoms with Crippen LogP contribution in [0, 0.1) is 0 Å². The summed E-state index contributed by atoms with van der Waals surface area (Å²) < 4.78 is 40.4. The molecule has 1 aromatic carbocycles. The van der Waals surface area contributed by atoms with Crippen LogP contribution in [-0.2, 0) is 0 Å². The van der Waals surface area contributed by atoms with Crippen molar-refractivity contribution >= 4 is 5.69 Å². The van der Waals surface area contributed by atoms with E-state index in [2.05, 4.69) is 35.7 Å². The molecule has 0 spiro atoms. The van der Waals surface area contributed by atoms with Gasteiger partial charge < -0.3 is 15.0 Å². The highest BCUT2D eigenvalue weighted by atomic mass is 19.4. The minimum absolute atomic E-state index is 0.0215. The van der Waals surface area contributed by atoms with Gasteiger partial charge in [0.1, 0.15) is 5.75 Å². The van der Waals surface area contributed by atoms with E-state index in [0.717, 1.165) is 25.2 Å². The van der Waals surface area contributed by atoms with Crippen molar-refractivity contribution in [1.29, 1.82) is 0 Å². The number of nitrogens with one attached hydrogen (secondary N) is 1. The highest BCUT2D eigenvalue weighted by molar-refractivity contribution is 5.51. The molecule has 118 valence electrons. The fraction of sp³-hybridized carbons (Fsp3) is 0.600.